The molecule has 1 aliphatic rings. The van der Waals surface area contributed by atoms with Crippen molar-refractivity contribution in [3.63, 3.8) is 0 Å². The summed E-state index contributed by atoms with van der Waals surface area (Å²) in [5.74, 6) is 0.184. The number of rotatable bonds is 3. The smallest absolute Gasteiger partial charge is 0.214 e. The van der Waals surface area contributed by atoms with Gasteiger partial charge in [0.2, 0.25) is 10.0 Å². The number of sulfonamides is 1. The van der Waals surface area contributed by atoms with Gasteiger partial charge in [0.15, 0.2) is 0 Å². The summed E-state index contributed by atoms with van der Waals surface area (Å²) in [5, 5.41) is 0. The van der Waals surface area contributed by atoms with E-state index in [-0.39, 0.29) is 5.75 Å². The monoisotopic (exact) mass is 209 g/mol. The van der Waals surface area contributed by atoms with Gasteiger partial charge in [-0.1, -0.05) is 6.92 Å². The van der Waals surface area contributed by atoms with Crippen LogP contribution in [0.2, 0.25) is 0 Å². The Labute approximate surface area is 79.0 Å². The summed E-state index contributed by atoms with van der Waals surface area (Å²) in [4.78, 5) is 0. The Balaban J connectivity index is 2.53. The van der Waals surface area contributed by atoms with Crippen LogP contribution in [0.3, 0.4) is 0 Å². The lowest BCUT2D eigenvalue weighted by Gasteiger charge is -2.27. The van der Waals surface area contributed by atoms with Gasteiger partial charge in [-0.15, -0.1) is 0 Å². The fourth-order valence-electron chi connectivity index (χ4n) is 1.49. The summed E-state index contributed by atoms with van der Waals surface area (Å²) >= 11 is 0. The van der Waals surface area contributed by atoms with Gasteiger partial charge in [-0.2, -0.15) is 0 Å². The van der Waals surface area contributed by atoms with E-state index in [4.69, 9.17) is 0 Å². The molecule has 1 fully saturated rings. The lowest BCUT2D eigenvalue weighted by Crippen LogP contribution is -2.40. The third-order valence-corrected chi connectivity index (χ3v) is 4.32. The van der Waals surface area contributed by atoms with Crippen molar-refractivity contribution in [2.24, 2.45) is 0 Å². The number of hydrogen-bond donors (Lipinski definition) is 0. The molecular weight excluding hydrogens is 193 g/mol. The van der Waals surface area contributed by atoms with Crippen molar-refractivity contribution in [1.82, 2.24) is 4.31 Å². The van der Waals surface area contributed by atoms with Gasteiger partial charge in [-0.05, 0) is 19.3 Å². The van der Waals surface area contributed by atoms with E-state index in [0.717, 1.165) is 0 Å². The summed E-state index contributed by atoms with van der Waals surface area (Å²) < 4.78 is 37.1. The summed E-state index contributed by atoms with van der Waals surface area (Å²) in [7, 11) is -3.09. The zero-order valence-corrected chi connectivity index (χ0v) is 8.69. The second kappa shape index (κ2) is 4.37. The van der Waals surface area contributed by atoms with Crippen LogP contribution in [-0.4, -0.2) is 37.7 Å². The fourth-order valence-corrected chi connectivity index (χ4v) is 3.03. The molecule has 1 aliphatic heterocycles. The first-order chi connectivity index (χ1) is 6.06. The number of alkyl halides is 1. The average molecular weight is 209 g/mol. The lowest BCUT2D eigenvalue weighted by atomic mass is 10.1. The highest BCUT2D eigenvalue weighted by molar-refractivity contribution is 7.89. The molecule has 5 heteroatoms. The summed E-state index contributed by atoms with van der Waals surface area (Å²) in [6.07, 6.45) is 0.511. The molecule has 0 aromatic rings. The van der Waals surface area contributed by atoms with Crippen LogP contribution in [0.4, 0.5) is 4.39 Å². The molecule has 0 N–H and O–H groups in total. The molecule has 3 nitrogen and oxygen atoms in total. The maximum absolute atomic E-state index is 12.7. The van der Waals surface area contributed by atoms with Crippen LogP contribution in [0.25, 0.3) is 0 Å². The molecule has 0 atom stereocenters. The SMILES string of the molecule is CCCS(=O)(=O)N1CCC(F)CC1. The third-order valence-electron chi connectivity index (χ3n) is 2.24. The van der Waals surface area contributed by atoms with Gasteiger partial charge in [0, 0.05) is 13.1 Å². The minimum absolute atomic E-state index is 0.184. The number of halogens is 1. The van der Waals surface area contributed by atoms with Crippen molar-refractivity contribution < 1.29 is 12.8 Å². The van der Waals surface area contributed by atoms with Crippen LogP contribution in [0.15, 0.2) is 0 Å². The van der Waals surface area contributed by atoms with Crippen molar-refractivity contribution in [1.29, 1.82) is 0 Å². The molecule has 13 heavy (non-hydrogen) atoms. The van der Waals surface area contributed by atoms with Crippen molar-refractivity contribution in [3.05, 3.63) is 0 Å². The zero-order chi connectivity index (χ0) is 9.90. The quantitative estimate of drug-likeness (QED) is 0.699. The molecule has 1 saturated heterocycles. The lowest BCUT2D eigenvalue weighted by molar-refractivity contribution is 0.210. The maximum atomic E-state index is 12.7. The molecule has 0 bridgehead atoms. The van der Waals surface area contributed by atoms with E-state index < -0.39 is 16.2 Å². The van der Waals surface area contributed by atoms with Crippen LogP contribution in [0, 0.1) is 0 Å². The molecule has 0 unspecified atom stereocenters. The highest BCUT2D eigenvalue weighted by Crippen LogP contribution is 2.16. The molecule has 1 rings (SSSR count). The van der Waals surface area contributed by atoms with E-state index >= 15 is 0 Å². The predicted octanol–water partition coefficient (Wildman–Crippen LogP) is 1.16. The van der Waals surface area contributed by atoms with E-state index in [2.05, 4.69) is 0 Å². The predicted molar refractivity (Wildman–Crippen MR) is 49.8 cm³/mol. The number of nitrogens with zero attached hydrogens (tertiary/aromatic N) is 1. The molecule has 78 valence electrons. The number of piperidine rings is 1. The largest absolute Gasteiger partial charge is 0.247 e. The van der Waals surface area contributed by atoms with Crippen molar-refractivity contribution >= 4 is 10.0 Å². The van der Waals surface area contributed by atoms with Gasteiger partial charge >= 0.3 is 0 Å². The Morgan fingerprint density at radius 3 is 2.38 bits per heavy atom. The third kappa shape index (κ3) is 2.91. The first kappa shape index (κ1) is 10.9. The van der Waals surface area contributed by atoms with Crippen LogP contribution in [-0.2, 0) is 10.0 Å². The highest BCUT2D eigenvalue weighted by atomic mass is 32.2. The van der Waals surface area contributed by atoms with Gasteiger partial charge in [-0.3, -0.25) is 0 Å². The Morgan fingerprint density at radius 1 is 1.38 bits per heavy atom. The molecule has 1 heterocycles. The van der Waals surface area contributed by atoms with Gasteiger partial charge in [0.25, 0.3) is 0 Å². The Bertz CT molecular complexity index is 245. The number of hydrogen-bond acceptors (Lipinski definition) is 2. The molecule has 0 saturated carbocycles. The first-order valence-electron chi connectivity index (χ1n) is 4.68. The fraction of sp³-hybridized carbons (Fsp3) is 1.00. The highest BCUT2D eigenvalue weighted by Gasteiger charge is 2.26. The van der Waals surface area contributed by atoms with Gasteiger partial charge in [0.05, 0.1) is 5.75 Å². The van der Waals surface area contributed by atoms with Crippen LogP contribution in [0.5, 0.6) is 0 Å². The minimum atomic E-state index is -3.09. The van der Waals surface area contributed by atoms with Gasteiger partial charge in [-0.25, -0.2) is 17.1 Å². The van der Waals surface area contributed by atoms with E-state index in [1.165, 1.54) is 4.31 Å². The van der Waals surface area contributed by atoms with Crippen LogP contribution in [0.1, 0.15) is 26.2 Å². The Hall–Kier alpha value is -0.160. The van der Waals surface area contributed by atoms with E-state index in [1.54, 1.807) is 0 Å². The van der Waals surface area contributed by atoms with Crippen molar-refractivity contribution in [2.45, 2.75) is 32.4 Å². The summed E-state index contributed by atoms with van der Waals surface area (Å²) in [5.41, 5.74) is 0. The molecule has 0 aromatic heterocycles. The van der Waals surface area contributed by atoms with E-state index in [9.17, 15) is 12.8 Å². The summed E-state index contributed by atoms with van der Waals surface area (Å²) in [6, 6.07) is 0. The standard InChI is InChI=1S/C8H16FNO2S/c1-2-7-13(11,12)10-5-3-8(9)4-6-10/h8H,2-7H2,1H3. The molecular formula is C8H16FNO2S. The van der Waals surface area contributed by atoms with Gasteiger partial charge in [0.1, 0.15) is 6.17 Å². The Morgan fingerprint density at radius 2 is 1.92 bits per heavy atom. The molecule has 0 aliphatic carbocycles. The molecule has 0 radical (unpaired) electrons. The van der Waals surface area contributed by atoms with E-state index in [0.29, 0.717) is 32.4 Å². The zero-order valence-electron chi connectivity index (χ0n) is 7.87. The minimum Gasteiger partial charge on any atom is -0.247 e. The normalized spacial score (nSPS) is 22.0. The molecule has 0 amide bonds. The van der Waals surface area contributed by atoms with Crippen LogP contribution < -0.4 is 0 Å². The second-order valence-corrected chi connectivity index (χ2v) is 5.48. The topological polar surface area (TPSA) is 37.4 Å². The van der Waals surface area contributed by atoms with Gasteiger partial charge < -0.3 is 0 Å². The van der Waals surface area contributed by atoms with Crippen molar-refractivity contribution in [3.8, 4) is 0 Å². The Kier molecular flexibility index (Phi) is 3.67. The molecule has 0 spiro atoms. The first-order valence-corrected chi connectivity index (χ1v) is 6.29. The maximum Gasteiger partial charge on any atom is 0.214 e. The van der Waals surface area contributed by atoms with Crippen molar-refractivity contribution in [2.75, 3.05) is 18.8 Å². The average Bonchev–Trinajstić information content (AvgIpc) is 2.05. The second-order valence-electron chi connectivity index (χ2n) is 3.39. The summed E-state index contributed by atoms with van der Waals surface area (Å²) in [6.45, 7) is 2.53. The molecule has 0 aromatic carbocycles. The van der Waals surface area contributed by atoms with E-state index in [1.807, 2.05) is 6.92 Å². The van der Waals surface area contributed by atoms with Crippen LogP contribution >= 0.6 is 0 Å².